The van der Waals surface area contributed by atoms with Crippen molar-refractivity contribution < 1.29 is 9.53 Å². The van der Waals surface area contributed by atoms with Crippen molar-refractivity contribution in [2.75, 3.05) is 31.4 Å². The first kappa shape index (κ1) is 13.5. The Morgan fingerprint density at radius 2 is 2.11 bits per heavy atom. The molecule has 1 aromatic carbocycles. The largest absolute Gasteiger partial charge is 0.375 e. The number of methoxy groups -OCH3 is 1. The third-order valence-electron chi connectivity index (χ3n) is 2.46. The van der Waals surface area contributed by atoms with E-state index in [1.165, 1.54) is 7.11 Å². The number of rotatable bonds is 5. The molecule has 5 nitrogen and oxygen atoms in total. The van der Waals surface area contributed by atoms with Crippen LogP contribution in [0.15, 0.2) is 29.6 Å². The van der Waals surface area contributed by atoms with Crippen molar-refractivity contribution >= 4 is 28.1 Å². The second-order valence-corrected chi connectivity index (χ2v) is 4.70. The van der Waals surface area contributed by atoms with Crippen LogP contribution in [0.1, 0.15) is 0 Å². The highest BCUT2D eigenvalue weighted by Gasteiger charge is 2.05. The second-order valence-electron chi connectivity index (χ2n) is 3.85. The van der Waals surface area contributed by atoms with Gasteiger partial charge in [-0.15, -0.1) is 11.3 Å². The fourth-order valence-corrected chi connectivity index (χ4v) is 2.25. The lowest BCUT2D eigenvalue weighted by atomic mass is 10.1. The molecule has 0 fully saturated rings. The highest BCUT2D eigenvalue weighted by molar-refractivity contribution is 7.14. The molecule has 0 saturated heterocycles. The van der Waals surface area contributed by atoms with Gasteiger partial charge in [0.25, 0.3) is 0 Å². The number of carbonyl (C=O) groups is 1. The lowest BCUT2D eigenvalue weighted by Gasteiger charge is -2.05. The van der Waals surface area contributed by atoms with Gasteiger partial charge in [0, 0.05) is 30.8 Å². The van der Waals surface area contributed by atoms with Gasteiger partial charge >= 0.3 is 0 Å². The van der Waals surface area contributed by atoms with Crippen molar-refractivity contribution in [2.45, 2.75) is 0 Å². The van der Waals surface area contributed by atoms with Crippen molar-refractivity contribution in [2.24, 2.45) is 0 Å². The van der Waals surface area contributed by atoms with E-state index in [4.69, 9.17) is 4.74 Å². The fourth-order valence-electron chi connectivity index (χ4n) is 1.57. The second kappa shape index (κ2) is 6.31. The monoisotopic (exact) mass is 277 g/mol. The van der Waals surface area contributed by atoms with Crippen LogP contribution in [0, 0.1) is 0 Å². The van der Waals surface area contributed by atoms with Gasteiger partial charge in [-0.25, -0.2) is 4.98 Å². The van der Waals surface area contributed by atoms with Crippen LogP contribution in [-0.4, -0.2) is 31.7 Å². The average molecular weight is 277 g/mol. The van der Waals surface area contributed by atoms with Crippen molar-refractivity contribution in [1.82, 2.24) is 4.98 Å². The quantitative estimate of drug-likeness (QED) is 0.881. The number of carbonyl (C=O) groups excluding carboxylic acids is 1. The summed E-state index contributed by atoms with van der Waals surface area (Å²) in [4.78, 5) is 15.8. The molecule has 2 N–H and O–H groups in total. The maximum Gasteiger partial charge on any atom is 0.250 e. The van der Waals surface area contributed by atoms with E-state index in [2.05, 4.69) is 15.6 Å². The number of benzene rings is 1. The standard InChI is InChI=1S/C13H15N3O2S/c1-14-13-16-11(8-19-13)9-3-5-10(6-4-9)15-12(17)7-18-2/h3-6,8H,7H2,1-2H3,(H,14,16)(H,15,17). The first-order valence-corrected chi connectivity index (χ1v) is 6.63. The Morgan fingerprint density at radius 1 is 1.37 bits per heavy atom. The first-order valence-electron chi connectivity index (χ1n) is 5.75. The number of thiazole rings is 1. The number of aromatic nitrogens is 1. The number of amides is 1. The van der Waals surface area contributed by atoms with Crippen molar-refractivity contribution in [1.29, 1.82) is 0 Å². The number of nitrogens with zero attached hydrogens (tertiary/aromatic N) is 1. The maximum atomic E-state index is 11.4. The van der Waals surface area contributed by atoms with Crippen molar-refractivity contribution in [3.8, 4) is 11.3 Å². The van der Waals surface area contributed by atoms with Gasteiger partial charge in [-0.05, 0) is 12.1 Å². The van der Waals surface area contributed by atoms with Crippen LogP contribution in [0.3, 0.4) is 0 Å². The van der Waals surface area contributed by atoms with Crippen LogP contribution in [0.4, 0.5) is 10.8 Å². The van der Waals surface area contributed by atoms with E-state index in [0.29, 0.717) is 0 Å². The minimum atomic E-state index is -0.165. The summed E-state index contributed by atoms with van der Waals surface area (Å²) in [6.45, 7) is 0.0549. The van der Waals surface area contributed by atoms with E-state index in [9.17, 15) is 4.79 Å². The summed E-state index contributed by atoms with van der Waals surface area (Å²) in [5.74, 6) is -0.165. The van der Waals surface area contributed by atoms with Crippen LogP contribution >= 0.6 is 11.3 Å². The summed E-state index contributed by atoms with van der Waals surface area (Å²) >= 11 is 1.56. The molecular formula is C13H15N3O2S. The molecule has 0 spiro atoms. The van der Waals surface area contributed by atoms with Gasteiger partial charge in [-0.3, -0.25) is 4.79 Å². The molecule has 6 heteroatoms. The first-order chi connectivity index (χ1) is 9.22. The van der Waals surface area contributed by atoms with Gasteiger partial charge in [0.15, 0.2) is 5.13 Å². The van der Waals surface area contributed by atoms with Gasteiger partial charge in [-0.1, -0.05) is 12.1 Å². The van der Waals surface area contributed by atoms with E-state index in [0.717, 1.165) is 22.1 Å². The van der Waals surface area contributed by atoms with Crippen molar-refractivity contribution in [3.05, 3.63) is 29.6 Å². The van der Waals surface area contributed by atoms with Gasteiger partial charge in [0.2, 0.25) is 5.91 Å². The zero-order valence-corrected chi connectivity index (χ0v) is 11.6. The van der Waals surface area contributed by atoms with Gasteiger partial charge in [0.1, 0.15) is 6.61 Å². The molecule has 0 bridgehead atoms. The SMILES string of the molecule is CNc1nc(-c2ccc(NC(=O)COC)cc2)cs1. The topological polar surface area (TPSA) is 63.2 Å². The van der Waals surface area contributed by atoms with Crippen LogP contribution in [0.25, 0.3) is 11.3 Å². The zero-order chi connectivity index (χ0) is 13.7. The molecule has 2 rings (SSSR count). The molecule has 100 valence electrons. The van der Waals surface area contributed by atoms with Crippen LogP contribution in [0.5, 0.6) is 0 Å². The minimum absolute atomic E-state index is 0.0549. The summed E-state index contributed by atoms with van der Waals surface area (Å²) in [5, 5.41) is 8.62. The van der Waals surface area contributed by atoms with Crippen LogP contribution in [-0.2, 0) is 9.53 Å². The molecule has 1 amide bonds. The molecule has 0 unspecified atom stereocenters. The lowest BCUT2D eigenvalue weighted by molar-refractivity contribution is -0.119. The molecule has 1 aromatic heterocycles. The molecule has 0 atom stereocenters. The number of anilines is 2. The fraction of sp³-hybridized carbons (Fsp3) is 0.231. The smallest absolute Gasteiger partial charge is 0.250 e. The van der Waals surface area contributed by atoms with E-state index < -0.39 is 0 Å². The Balaban J connectivity index is 2.07. The highest BCUT2D eigenvalue weighted by Crippen LogP contribution is 2.25. The normalized spacial score (nSPS) is 10.2. The van der Waals surface area contributed by atoms with E-state index in [1.807, 2.05) is 36.7 Å². The Labute approximate surface area is 115 Å². The Kier molecular flexibility index (Phi) is 4.48. The van der Waals surface area contributed by atoms with E-state index in [-0.39, 0.29) is 12.5 Å². The van der Waals surface area contributed by atoms with Crippen molar-refractivity contribution in [3.63, 3.8) is 0 Å². The van der Waals surface area contributed by atoms with Crippen LogP contribution < -0.4 is 10.6 Å². The zero-order valence-electron chi connectivity index (χ0n) is 10.8. The molecule has 19 heavy (non-hydrogen) atoms. The molecule has 1 heterocycles. The Morgan fingerprint density at radius 3 is 2.68 bits per heavy atom. The average Bonchev–Trinajstić information content (AvgIpc) is 2.88. The molecular weight excluding hydrogens is 262 g/mol. The van der Waals surface area contributed by atoms with Gasteiger partial charge < -0.3 is 15.4 Å². The summed E-state index contributed by atoms with van der Waals surface area (Å²) in [5.41, 5.74) is 2.68. The maximum absolute atomic E-state index is 11.4. The number of hydrogen-bond acceptors (Lipinski definition) is 5. The molecule has 0 aliphatic carbocycles. The van der Waals surface area contributed by atoms with Gasteiger partial charge in [-0.2, -0.15) is 0 Å². The predicted octanol–water partition coefficient (Wildman–Crippen LogP) is 2.44. The third-order valence-corrected chi connectivity index (χ3v) is 3.32. The van der Waals surface area contributed by atoms with Crippen LogP contribution in [0.2, 0.25) is 0 Å². The number of hydrogen-bond donors (Lipinski definition) is 2. The van der Waals surface area contributed by atoms with Gasteiger partial charge in [0.05, 0.1) is 5.69 Å². The molecule has 0 aliphatic rings. The minimum Gasteiger partial charge on any atom is -0.375 e. The number of ether oxygens (including phenoxy) is 1. The predicted molar refractivity (Wildman–Crippen MR) is 77.6 cm³/mol. The third kappa shape index (κ3) is 3.52. The summed E-state index contributed by atoms with van der Waals surface area (Å²) in [6, 6.07) is 7.55. The lowest BCUT2D eigenvalue weighted by Crippen LogP contribution is -2.16. The molecule has 2 aromatic rings. The highest BCUT2D eigenvalue weighted by atomic mass is 32.1. The summed E-state index contributed by atoms with van der Waals surface area (Å²) in [6.07, 6.45) is 0. The summed E-state index contributed by atoms with van der Waals surface area (Å²) in [7, 11) is 3.33. The molecule has 0 saturated carbocycles. The summed E-state index contributed by atoms with van der Waals surface area (Å²) < 4.78 is 4.76. The Hall–Kier alpha value is -1.92. The number of nitrogens with one attached hydrogen (secondary N) is 2. The molecule has 0 radical (unpaired) electrons. The van der Waals surface area contributed by atoms with E-state index in [1.54, 1.807) is 11.3 Å². The Bertz CT molecular complexity index is 551. The van der Waals surface area contributed by atoms with E-state index >= 15 is 0 Å². The molecule has 0 aliphatic heterocycles.